The van der Waals surface area contributed by atoms with Gasteiger partial charge in [0.15, 0.2) is 15.7 Å². The molecular weight excluding hydrogens is 242 g/mol. The summed E-state index contributed by atoms with van der Waals surface area (Å²) in [4.78, 5) is 4.21. The molecule has 2 N–H and O–H groups in total. The van der Waals surface area contributed by atoms with Crippen LogP contribution in [0.25, 0.3) is 0 Å². The van der Waals surface area contributed by atoms with Crippen LogP contribution in [0.2, 0.25) is 0 Å². The molecule has 1 aliphatic heterocycles. The molecule has 2 heterocycles. The second-order valence-electron chi connectivity index (χ2n) is 4.49. The topological polar surface area (TPSA) is 99.1 Å². The summed E-state index contributed by atoms with van der Waals surface area (Å²) in [7, 11) is -2.92. The van der Waals surface area contributed by atoms with E-state index in [1.807, 2.05) is 6.92 Å². The molecule has 1 aliphatic rings. The van der Waals surface area contributed by atoms with E-state index < -0.39 is 9.84 Å². The van der Waals surface area contributed by atoms with Gasteiger partial charge < -0.3 is 10.3 Å². The van der Waals surface area contributed by atoms with Gasteiger partial charge in [0.25, 0.3) is 0 Å². The number of sulfone groups is 1. The van der Waals surface area contributed by atoms with E-state index in [1.54, 1.807) is 0 Å². The molecular formula is C10H17N3O3S. The summed E-state index contributed by atoms with van der Waals surface area (Å²) in [6.45, 7) is 2.03. The van der Waals surface area contributed by atoms with Gasteiger partial charge in [-0.1, -0.05) is 18.5 Å². The molecule has 0 aliphatic carbocycles. The standard InChI is InChI=1S/C10H17N3O3S/c1-2-3-8(11)9-12-10(16-13-9)7-4-5-17(14,15)6-7/h7-8H,2-6,11H2,1H3. The SMILES string of the molecule is CCCC(N)c1noc(C2CCS(=O)(=O)C2)n1. The van der Waals surface area contributed by atoms with Crippen LogP contribution in [0.1, 0.15) is 49.9 Å². The van der Waals surface area contributed by atoms with Crippen molar-refractivity contribution in [1.82, 2.24) is 10.1 Å². The van der Waals surface area contributed by atoms with Crippen molar-refractivity contribution in [2.24, 2.45) is 5.73 Å². The van der Waals surface area contributed by atoms with Gasteiger partial charge in [0.1, 0.15) is 0 Å². The number of hydrogen-bond donors (Lipinski definition) is 1. The van der Waals surface area contributed by atoms with Crippen molar-refractivity contribution in [2.45, 2.75) is 38.1 Å². The Morgan fingerprint density at radius 3 is 2.94 bits per heavy atom. The smallest absolute Gasteiger partial charge is 0.230 e. The minimum atomic E-state index is -2.92. The third-order valence-corrected chi connectivity index (χ3v) is 4.74. The Kier molecular flexibility index (Phi) is 3.48. The van der Waals surface area contributed by atoms with Crippen molar-refractivity contribution in [3.63, 3.8) is 0 Å². The molecule has 0 spiro atoms. The molecule has 96 valence electrons. The van der Waals surface area contributed by atoms with Crippen LogP contribution in [0.4, 0.5) is 0 Å². The minimum absolute atomic E-state index is 0.109. The van der Waals surface area contributed by atoms with E-state index in [1.165, 1.54) is 0 Å². The molecule has 0 bridgehead atoms. The van der Waals surface area contributed by atoms with Gasteiger partial charge >= 0.3 is 0 Å². The number of aromatic nitrogens is 2. The second-order valence-corrected chi connectivity index (χ2v) is 6.71. The zero-order valence-corrected chi connectivity index (χ0v) is 10.6. The maximum atomic E-state index is 11.3. The number of nitrogens with zero attached hydrogens (tertiary/aromatic N) is 2. The minimum Gasteiger partial charge on any atom is -0.339 e. The third kappa shape index (κ3) is 2.84. The number of rotatable bonds is 4. The number of nitrogens with two attached hydrogens (primary N) is 1. The average molecular weight is 259 g/mol. The summed E-state index contributed by atoms with van der Waals surface area (Å²) < 4.78 is 27.8. The van der Waals surface area contributed by atoms with E-state index >= 15 is 0 Å². The Labute approximate surface area is 100 Å². The highest BCUT2D eigenvalue weighted by Crippen LogP contribution is 2.28. The van der Waals surface area contributed by atoms with Gasteiger partial charge in [-0.2, -0.15) is 4.98 Å². The van der Waals surface area contributed by atoms with E-state index in [4.69, 9.17) is 10.3 Å². The van der Waals surface area contributed by atoms with Crippen LogP contribution in [0.3, 0.4) is 0 Å². The monoisotopic (exact) mass is 259 g/mol. The van der Waals surface area contributed by atoms with Crippen molar-refractivity contribution in [1.29, 1.82) is 0 Å². The Morgan fingerprint density at radius 1 is 1.59 bits per heavy atom. The zero-order chi connectivity index (χ0) is 12.5. The van der Waals surface area contributed by atoms with Crippen LogP contribution >= 0.6 is 0 Å². The number of hydrogen-bond acceptors (Lipinski definition) is 6. The van der Waals surface area contributed by atoms with Crippen molar-refractivity contribution in [3.8, 4) is 0 Å². The van der Waals surface area contributed by atoms with Gasteiger partial charge in [0, 0.05) is 0 Å². The average Bonchev–Trinajstić information content (AvgIpc) is 2.84. The van der Waals surface area contributed by atoms with Gasteiger partial charge in [-0.25, -0.2) is 8.42 Å². The summed E-state index contributed by atoms with van der Waals surface area (Å²) in [5, 5.41) is 3.82. The quantitative estimate of drug-likeness (QED) is 0.857. The molecule has 1 aromatic heterocycles. The van der Waals surface area contributed by atoms with Crippen LogP contribution in [0.15, 0.2) is 4.52 Å². The van der Waals surface area contributed by atoms with Crippen LogP contribution in [0.5, 0.6) is 0 Å². The molecule has 1 aromatic rings. The highest BCUT2D eigenvalue weighted by Gasteiger charge is 2.33. The molecule has 2 rings (SSSR count). The summed E-state index contributed by atoms with van der Waals surface area (Å²) in [6, 6.07) is -0.226. The second kappa shape index (κ2) is 4.73. The maximum absolute atomic E-state index is 11.3. The molecule has 0 saturated carbocycles. The molecule has 0 radical (unpaired) electrons. The molecule has 1 saturated heterocycles. The van der Waals surface area contributed by atoms with E-state index in [2.05, 4.69) is 10.1 Å². The fourth-order valence-electron chi connectivity index (χ4n) is 1.99. The van der Waals surface area contributed by atoms with Crippen LogP contribution < -0.4 is 5.73 Å². The first-order valence-corrected chi connectivity index (χ1v) is 7.63. The van der Waals surface area contributed by atoms with E-state index in [9.17, 15) is 8.42 Å². The van der Waals surface area contributed by atoms with Crippen LogP contribution in [0, 0.1) is 0 Å². The third-order valence-electron chi connectivity index (χ3n) is 2.97. The first-order chi connectivity index (χ1) is 8.02. The Bertz CT molecular complexity index is 483. The summed E-state index contributed by atoms with van der Waals surface area (Å²) >= 11 is 0. The predicted octanol–water partition coefficient (Wildman–Crippen LogP) is 0.772. The molecule has 1 fully saturated rings. The van der Waals surface area contributed by atoms with Gasteiger partial charge in [0.2, 0.25) is 5.89 Å². The predicted molar refractivity (Wildman–Crippen MR) is 62.1 cm³/mol. The zero-order valence-electron chi connectivity index (χ0n) is 9.80. The van der Waals surface area contributed by atoms with E-state index in [-0.39, 0.29) is 23.5 Å². The van der Waals surface area contributed by atoms with Crippen LogP contribution in [-0.4, -0.2) is 30.1 Å². The normalized spacial score (nSPS) is 24.9. The first-order valence-electron chi connectivity index (χ1n) is 5.81. The van der Waals surface area contributed by atoms with Gasteiger partial charge in [0.05, 0.1) is 23.5 Å². The lowest BCUT2D eigenvalue weighted by atomic mass is 10.1. The summed E-state index contributed by atoms with van der Waals surface area (Å²) in [5.41, 5.74) is 5.87. The van der Waals surface area contributed by atoms with Gasteiger partial charge in [-0.15, -0.1) is 0 Å². The Hall–Kier alpha value is -0.950. The Morgan fingerprint density at radius 2 is 2.35 bits per heavy atom. The molecule has 2 unspecified atom stereocenters. The summed E-state index contributed by atoms with van der Waals surface area (Å²) in [5.74, 6) is 1.04. The Balaban J connectivity index is 2.09. The molecule has 0 aromatic carbocycles. The maximum Gasteiger partial charge on any atom is 0.230 e. The molecule has 7 heteroatoms. The first kappa shape index (κ1) is 12.5. The lowest BCUT2D eigenvalue weighted by molar-refractivity contribution is 0.353. The van der Waals surface area contributed by atoms with Gasteiger partial charge in [-0.05, 0) is 12.8 Å². The molecule has 17 heavy (non-hydrogen) atoms. The van der Waals surface area contributed by atoms with Gasteiger partial charge in [-0.3, -0.25) is 0 Å². The molecule has 0 amide bonds. The molecule has 2 atom stereocenters. The highest BCUT2D eigenvalue weighted by atomic mass is 32.2. The van der Waals surface area contributed by atoms with Crippen molar-refractivity contribution >= 4 is 9.84 Å². The van der Waals surface area contributed by atoms with Crippen LogP contribution in [-0.2, 0) is 9.84 Å². The fraction of sp³-hybridized carbons (Fsp3) is 0.800. The lowest BCUT2D eigenvalue weighted by Gasteiger charge is -2.03. The van der Waals surface area contributed by atoms with E-state index in [0.717, 1.165) is 12.8 Å². The largest absolute Gasteiger partial charge is 0.339 e. The lowest BCUT2D eigenvalue weighted by Crippen LogP contribution is -2.12. The van der Waals surface area contributed by atoms with Crippen molar-refractivity contribution in [3.05, 3.63) is 11.7 Å². The molecule has 6 nitrogen and oxygen atoms in total. The van der Waals surface area contributed by atoms with E-state index in [0.29, 0.717) is 18.1 Å². The van der Waals surface area contributed by atoms with Crippen molar-refractivity contribution in [2.75, 3.05) is 11.5 Å². The fourth-order valence-corrected chi connectivity index (χ4v) is 3.73. The summed E-state index contributed by atoms with van der Waals surface area (Å²) in [6.07, 6.45) is 2.30. The highest BCUT2D eigenvalue weighted by molar-refractivity contribution is 7.91. The van der Waals surface area contributed by atoms with Crippen molar-refractivity contribution < 1.29 is 12.9 Å².